The summed E-state index contributed by atoms with van der Waals surface area (Å²) in [6.45, 7) is 2.13. The van der Waals surface area contributed by atoms with Crippen LogP contribution in [0.3, 0.4) is 0 Å². The molecule has 21 heavy (non-hydrogen) atoms. The first-order valence-corrected chi connectivity index (χ1v) is 8.28. The lowest BCUT2D eigenvalue weighted by molar-refractivity contribution is -0.146. The second-order valence-corrected chi connectivity index (χ2v) is 8.18. The molecular formula is C19H24O2. The van der Waals surface area contributed by atoms with Crippen molar-refractivity contribution in [3.8, 4) is 0 Å². The molecule has 0 amide bonds. The molecule has 112 valence electrons. The van der Waals surface area contributed by atoms with E-state index >= 15 is 0 Å². The van der Waals surface area contributed by atoms with E-state index in [1.54, 1.807) is 0 Å². The van der Waals surface area contributed by atoms with E-state index in [2.05, 4.69) is 31.2 Å². The number of aliphatic carboxylic acids is 1. The van der Waals surface area contributed by atoms with Gasteiger partial charge in [0.1, 0.15) is 0 Å². The Morgan fingerprint density at radius 3 is 2.33 bits per heavy atom. The molecule has 1 aromatic rings. The first-order valence-electron chi connectivity index (χ1n) is 8.28. The Kier molecular flexibility index (Phi) is 2.76. The zero-order valence-corrected chi connectivity index (χ0v) is 12.8. The number of hydrogen-bond acceptors (Lipinski definition) is 1. The molecule has 4 bridgehead atoms. The van der Waals surface area contributed by atoms with Gasteiger partial charge in [-0.1, -0.05) is 29.8 Å². The predicted octanol–water partition coefficient (Wildman–Crippen LogP) is 4.31. The number of aryl methyl sites for hydroxylation is 1. The Balaban J connectivity index is 1.73. The lowest BCUT2D eigenvalue weighted by Gasteiger charge is -2.62. The molecule has 0 aromatic heterocycles. The van der Waals surface area contributed by atoms with Crippen LogP contribution in [0, 0.1) is 24.2 Å². The van der Waals surface area contributed by atoms with Gasteiger partial charge in [0.15, 0.2) is 0 Å². The maximum absolute atomic E-state index is 11.4. The SMILES string of the molecule is Cc1ccc(C23C[C@H]4C[C@@H](CC(CC(=O)O)(C4)C2)C3)cc1. The highest BCUT2D eigenvalue weighted by atomic mass is 16.4. The van der Waals surface area contributed by atoms with Gasteiger partial charge in [-0.05, 0) is 73.7 Å². The third-order valence-electron chi connectivity index (χ3n) is 6.37. The van der Waals surface area contributed by atoms with Crippen molar-refractivity contribution in [2.24, 2.45) is 17.3 Å². The number of hydrogen-bond donors (Lipinski definition) is 1. The molecule has 2 atom stereocenters. The molecule has 4 aliphatic carbocycles. The minimum absolute atomic E-state index is 0.0841. The monoisotopic (exact) mass is 284 g/mol. The molecule has 0 radical (unpaired) electrons. The first kappa shape index (κ1) is 13.4. The third-order valence-corrected chi connectivity index (χ3v) is 6.37. The molecule has 0 spiro atoms. The topological polar surface area (TPSA) is 37.3 Å². The van der Waals surface area contributed by atoms with Gasteiger partial charge >= 0.3 is 5.97 Å². The molecule has 0 unspecified atom stereocenters. The molecule has 0 heterocycles. The molecule has 2 heteroatoms. The van der Waals surface area contributed by atoms with E-state index in [0.29, 0.717) is 6.42 Å². The van der Waals surface area contributed by atoms with E-state index in [-0.39, 0.29) is 10.8 Å². The maximum atomic E-state index is 11.4. The van der Waals surface area contributed by atoms with Gasteiger partial charge in [0.05, 0.1) is 6.42 Å². The van der Waals surface area contributed by atoms with Crippen molar-refractivity contribution in [3.63, 3.8) is 0 Å². The summed E-state index contributed by atoms with van der Waals surface area (Å²) in [5.41, 5.74) is 3.13. The average Bonchev–Trinajstić information content (AvgIpc) is 2.35. The van der Waals surface area contributed by atoms with Gasteiger partial charge in [-0.15, -0.1) is 0 Å². The van der Waals surface area contributed by atoms with Crippen molar-refractivity contribution in [3.05, 3.63) is 35.4 Å². The van der Waals surface area contributed by atoms with E-state index in [4.69, 9.17) is 0 Å². The number of carboxylic acid groups (broad SMARTS) is 1. The van der Waals surface area contributed by atoms with Gasteiger partial charge in [-0.3, -0.25) is 4.79 Å². The van der Waals surface area contributed by atoms with E-state index in [1.165, 1.54) is 30.4 Å². The Labute approximate surface area is 126 Å². The zero-order chi connectivity index (χ0) is 14.7. The maximum Gasteiger partial charge on any atom is 0.303 e. The molecule has 5 rings (SSSR count). The molecular weight excluding hydrogens is 260 g/mol. The fraction of sp³-hybridized carbons (Fsp3) is 0.632. The quantitative estimate of drug-likeness (QED) is 0.898. The Morgan fingerprint density at radius 2 is 1.76 bits per heavy atom. The van der Waals surface area contributed by atoms with Gasteiger partial charge in [-0.2, -0.15) is 0 Å². The van der Waals surface area contributed by atoms with E-state index in [1.807, 2.05) is 0 Å². The lowest BCUT2D eigenvalue weighted by Crippen LogP contribution is -2.54. The summed E-state index contributed by atoms with van der Waals surface area (Å²) >= 11 is 0. The van der Waals surface area contributed by atoms with Gasteiger partial charge < -0.3 is 5.11 Å². The van der Waals surface area contributed by atoms with Crippen LogP contribution in [-0.4, -0.2) is 11.1 Å². The van der Waals surface area contributed by atoms with Crippen molar-refractivity contribution < 1.29 is 9.90 Å². The largest absolute Gasteiger partial charge is 0.481 e. The fourth-order valence-electron chi connectivity index (χ4n) is 6.22. The fourth-order valence-corrected chi connectivity index (χ4v) is 6.22. The van der Waals surface area contributed by atoms with Crippen LogP contribution in [-0.2, 0) is 10.2 Å². The summed E-state index contributed by atoms with van der Waals surface area (Å²) in [4.78, 5) is 11.4. The van der Waals surface area contributed by atoms with Crippen molar-refractivity contribution in [1.82, 2.24) is 0 Å². The lowest BCUT2D eigenvalue weighted by atomic mass is 9.42. The summed E-state index contributed by atoms with van der Waals surface area (Å²) in [7, 11) is 0. The summed E-state index contributed by atoms with van der Waals surface area (Å²) < 4.78 is 0. The van der Waals surface area contributed by atoms with E-state index in [9.17, 15) is 9.90 Å². The van der Waals surface area contributed by atoms with Crippen molar-refractivity contribution in [2.45, 2.75) is 57.3 Å². The highest BCUT2D eigenvalue weighted by Gasteiger charge is 2.58. The molecule has 0 aliphatic heterocycles. The molecule has 2 nitrogen and oxygen atoms in total. The third kappa shape index (κ3) is 2.11. The number of rotatable bonds is 3. The molecule has 4 fully saturated rings. The first-order chi connectivity index (χ1) is 9.99. The Hall–Kier alpha value is -1.31. The molecule has 4 aliphatic rings. The Bertz CT molecular complexity index is 558. The summed E-state index contributed by atoms with van der Waals surface area (Å²) in [6.07, 6.45) is 7.71. The Morgan fingerprint density at radius 1 is 1.14 bits per heavy atom. The predicted molar refractivity (Wildman–Crippen MR) is 82.2 cm³/mol. The van der Waals surface area contributed by atoms with Crippen LogP contribution in [0.25, 0.3) is 0 Å². The van der Waals surface area contributed by atoms with Gasteiger partial charge in [-0.25, -0.2) is 0 Å². The molecule has 4 saturated carbocycles. The van der Waals surface area contributed by atoms with Crippen LogP contribution in [0.5, 0.6) is 0 Å². The highest BCUT2D eigenvalue weighted by molar-refractivity contribution is 5.68. The number of carbonyl (C=O) groups is 1. The standard InChI is InChI=1S/C19H24O2/c1-13-2-4-16(5-3-13)19-9-14-6-15(10-19)8-18(7-14,12-19)11-17(20)21/h2-5,14-15H,6-12H2,1H3,(H,20,21)/t14-,15-,18?,19?/m0/s1. The van der Waals surface area contributed by atoms with Gasteiger partial charge in [0, 0.05) is 0 Å². The minimum Gasteiger partial charge on any atom is -0.481 e. The van der Waals surface area contributed by atoms with Crippen molar-refractivity contribution >= 4 is 5.97 Å². The van der Waals surface area contributed by atoms with Crippen LogP contribution in [0.2, 0.25) is 0 Å². The van der Waals surface area contributed by atoms with Crippen LogP contribution in [0.1, 0.15) is 56.1 Å². The molecule has 0 saturated heterocycles. The van der Waals surface area contributed by atoms with Gasteiger partial charge in [0.25, 0.3) is 0 Å². The second-order valence-electron chi connectivity index (χ2n) is 8.18. The summed E-state index contributed by atoms with van der Waals surface area (Å²) in [5.74, 6) is 0.912. The molecule has 1 aromatic carbocycles. The van der Waals surface area contributed by atoms with Crippen molar-refractivity contribution in [2.75, 3.05) is 0 Å². The van der Waals surface area contributed by atoms with Crippen LogP contribution >= 0.6 is 0 Å². The number of carboxylic acids is 1. The summed E-state index contributed by atoms with van der Waals surface area (Å²) in [5, 5.41) is 9.36. The van der Waals surface area contributed by atoms with E-state index in [0.717, 1.165) is 31.1 Å². The zero-order valence-electron chi connectivity index (χ0n) is 12.8. The normalized spacial score (nSPS) is 40.4. The average molecular weight is 284 g/mol. The smallest absolute Gasteiger partial charge is 0.303 e. The summed E-state index contributed by atoms with van der Waals surface area (Å²) in [6, 6.07) is 9.05. The van der Waals surface area contributed by atoms with Crippen molar-refractivity contribution in [1.29, 1.82) is 0 Å². The van der Waals surface area contributed by atoms with Crippen LogP contribution < -0.4 is 0 Å². The number of benzene rings is 1. The van der Waals surface area contributed by atoms with Gasteiger partial charge in [0.2, 0.25) is 0 Å². The molecule has 1 N–H and O–H groups in total. The highest BCUT2D eigenvalue weighted by Crippen LogP contribution is 2.66. The van der Waals surface area contributed by atoms with Crippen LogP contribution in [0.4, 0.5) is 0 Å². The van der Waals surface area contributed by atoms with E-state index < -0.39 is 5.97 Å². The van der Waals surface area contributed by atoms with Crippen LogP contribution in [0.15, 0.2) is 24.3 Å². The second kappa shape index (κ2) is 4.34. The minimum atomic E-state index is -0.601.